The lowest BCUT2D eigenvalue weighted by Crippen LogP contribution is -1.91. The van der Waals surface area contributed by atoms with Crippen LogP contribution in [-0.2, 0) is 6.61 Å². The van der Waals surface area contributed by atoms with Crippen LogP contribution in [0.25, 0.3) is 0 Å². The minimum atomic E-state index is -0.303. The summed E-state index contributed by atoms with van der Waals surface area (Å²) in [6.07, 6.45) is 0. The van der Waals surface area contributed by atoms with Crippen LogP contribution in [0.15, 0.2) is 48.5 Å². The quantitative estimate of drug-likeness (QED) is 0.857. The highest BCUT2D eigenvalue weighted by atomic mass is 19.1. The summed E-state index contributed by atoms with van der Waals surface area (Å²) in [6.45, 7) is -0.0859. The SMILES string of the molecule is OCc1ccccc1Oc1ccc(F)cc1. The third-order valence-corrected chi connectivity index (χ3v) is 2.18. The number of para-hydroxylation sites is 1. The Kier molecular flexibility index (Phi) is 3.17. The predicted octanol–water partition coefficient (Wildman–Crippen LogP) is 3.11. The number of halogens is 1. The summed E-state index contributed by atoms with van der Waals surface area (Å²) in [6, 6.07) is 12.9. The average Bonchev–Trinajstić information content (AvgIpc) is 2.33. The Bertz CT molecular complexity index is 466. The Morgan fingerprint density at radius 1 is 1.00 bits per heavy atom. The molecule has 0 aliphatic carbocycles. The molecule has 2 nitrogen and oxygen atoms in total. The van der Waals surface area contributed by atoms with Crippen molar-refractivity contribution in [3.05, 3.63) is 59.9 Å². The molecular weight excluding hydrogens is 207 g/mol. The Balaban J connectivity index is 2.23. The molecule has 0 bridgehead atoms. The maximum absolute atomic E-state index is 12.7. The van der Waals surface area contributed by atoms with Gasteiger partial charge in [0.15, 0.2) is 0 Å². The van der Waals surface area contributed by atoms with Crippen molar-refractivity contribution in [1.29, 1.82) is 0 Å². The van der Waals surface area contributed by atoms with Gasteiger partial charge in [-0.3, -0.25) is 0 Å². The van der Waals surface area contributed by atoms with Gasteiger partial charge in [-0.2, -0.15) is 0 Å². The molecule has 2 aromatic carbocycles. The number of aliphatic hydroxyl groups excluding tert-OH is 1. The van der Waals surface area contributed by atoms with E-state index in [-0.39, 0.29) is 12.4 Å². The first-order valence-corrected chi connectivity index (χ1v) is 4.92. The monoisotopic (exact) mass is 218 g/mol. The zero-order chi connectivity index (χ0) is 11.4. The molecule has 0 radical (unpaired) electrons. The largest absolute Gasteiger partial charge is 0.457 e. The van der Waals surface area contributed by atoms with Crippen molar-refractivity contribution in [3.63, 3.8) is 0 Å². The van der Waals surface area contributed by atoms with E-state index in [1.807, 2.05) is 12.1 Å². The molecule has 82 valence electrons. The molecule has 0 heterocycles. The number of hydrogen-bond donors (Lipinski definition) is 1. The van der Waals surface area contributed by atoms with Crippen molar-refractivity contribution in [2.75, 3.05) is 0 Å². The van der Waals surface area contributed by atoms with Crippen LogP contribution in [0, 0.1) is 5.82 Å². The fourth-order valence-electron chi connectivity index (χ4n) is 1.36. The smallest absolute Gasteiger partial charge is 0.132 e. The Morgan fingerprint density at radius 3 is 2.38 bits per heavy atom. The van der Waals surface area contributed by atoms with Gasteiger partial charge in [0.1, 0.15) is 17.3 Å². The van der Waals surface area contributed by atoms with Crippen LogP contribution in [0.1, 0.15) is 5.56 Å². The van der Waals surface area contributed by atoms with Crippen molar-refractivity contribution in [2.24, 2.45) is 0 Å². The van der Waals surface area contributed by atoms with E-state index in [4.69, 9.17) is 9.84 Å². The molecule has 2 aromatic rings. The summed E-state index contributed by atoms with van der Waals surface area (Å²) in [4.78, 5) is 0. The molecule has 0 fully saturated rings. The second-order valence-electron chi connectivity index (χ2n) is 3.32. The van der Waals surface area contributed by atoms with Gasteiger partial charge in [-0.15, -0.1) is 0 Å². The summed E-state index contributed by atoms with van der Waals surface area (Å²) in [5.74, 6) is 0.821. The Labute approximate surface area is 92.9 Å². The van der Waals surface area contributed by atoms with Gasteiger partial charge in [0, 0.05) is 5.56 Å². The zero-order valence-electron chi connectivity index (χ0n) is 8.56. The van der Waals surface area contributed by atoms with E-state index >= 15 is 0 Å². The summed E-state index contributed by atoms with van der Waals surface area (Å²) >= 11 is 0. The second kappa shape index (κ2) is 4.77. The highest BCUT2D eigenvalue weighted by Crippen LogP contribution is 2.25. The van der Waals surface area contributed by atoms with Crippen molar-refractivity contribution in [2.45, 2.75) is 6.61 Å². The topological polar surface area (TPSA) is 29.5 Å². The summed E-state index contributed by atoms with van der Waals surface area (Å²) in [5.41, 5.74) is 0.701. The first kappa shape index (κ1) is 10.6. The number of benzene rings is 2. The standard InChI is InChI=1S/C13H11FO2/c14-11-5-7-12(8-6-11)16-13-4-2-1-3-10(13)9-15/h1-8,15H,9H2. The minimum absolute atomic E-state index is 0.0859. The van der Waals surface area contributed by atoms with Gasteiger partial charge in [0.25, 0.3) is 0 Å². The number of hydrogen-bond acceptors (Lipinski definition) is 2. The van der Waals surface area contributed by atoms with Crippen LogP contribution in [-0.4, -0.2) is 5.11 Å². The van der Waals surface area contributed by atoms with Crippen LogP contribution in [0.3, 0.4) is 0 Å². The van der Waals surface area contributed by atoms with E-state index in [2.05, 4.69) is 0 Å². The average molecular weight is 218 g/mol. The van der Waals surface area contributed by atoms with Gasteiger partial charge in [-0.25, -0.2) is 4.39 Å². The molecule has 0 amide bonds. The van der Waals surface area contributed by atoms with Crippen molar-refractivity contribution in [3.8, 4) is 11.5 Å². The van der Waals surface area contributed by atoms with Gasteiger partial charge in [-0.1, -0.05) is 18.2 Å². The maximum atomic E-state index is 12.7. The lowest BCUT2D eigenvalue weighted by Gasteiger charge is -2.08. The highest BCUT2D eigenvalue weighted by Gasteiger charge is 2.02. The lowest BCUT2D eigenvalue weighted by molar-refractivity contribution is 0.276. The highest BCUT2D eigenvalue weighted by molar-refractivity contribution is 5.37. The van der Waals surface area contributed by atoms with Gasteiger partial charge in [0.05, 0.1) is 6.61 Å². The lowest BCUT2D eigenvalue weighted by atomic mass is 10.2. The van der Waals surface area contributed by atoms with E-state index in [9.17, 15) is 4.39 Å². The van der Waals surface area contributed by atoms with E-state index < -0.39 is 0 Å². The summed E-state index contributed by atoms with van der Waals surface area (Å²) < 4.78 is 18.2. The molecule has 0 unspecified atom stereocenters. The third kappa shape index (κ3) is 2.38. The zero-order valence-corrected chi connectivity index (χ0v) is 8.56. The van der Waals surface area contributed by atoms with Crippen molar-refractivity contribution in [1.82, 2.24) is 0 Å². The van der Waals surface area contributed by atoms with Gasteiger partial charge < -0.3 is 9.84 Å². The molecule has 0 aliphatic heterocycles. The van der Waals surface area contributed by atoms with Crippen molar-refractivity contribution < 1.29 is 14.2 Å². The molecule has 16 heavy (non-hydrogen) atoms. The molecule has 0 aliphatic rings. The van der Waals surface area contributed by atoms with E-state index in [0.717, 1.165) is 0 Å². The Morgan fingerprint density at radius 2 is 1.69 bits per heavy atom. The molecular formula is C13H11FO2. The molecule has 0 aromatic heterocycles. The summed E-state index contributed by atoms with van der Waals surface area (Å²) in [7, 11) is 0. The van der Waals surface area contributed by atoms with Crippen LogP contribution in [0.4, 0.5) is 4.39 Å². The molecule has 0 spiro atoms. The second-order valence-corrected chi connectivity index (χ2v) is 3.32. The van der Waals surface area contributed by atoms with E-state index in [1.54, 1.807) is 24.3 Å². The fraction of sp³-hybridized carbons (Fsp3) is 0.0769. The molecule has 1 N–H and O–H groups in total. The van der Waals surface area contributed by atoms with Gasteiger partial charge in [-0.05, 0) is 30.3 Å². The van der Waals surface area contributed by atoms with Crippen LogP contribution >= 0.6 is 0 Å². The van der Waals surface area contributed by atoms with E-state index in [1.165, 1.54) is 12.1 Å². The maximum Gasteiger partial charge on any atom is 0.132 e. The van der Waals surface area contributed by atoms with Crippen LogP contribution in [0.2, 0.25) is 0 Å². The number of ether oxygens (including phenoxy) is 1. The van der Waals surface area contributed by atoms with Crippen LogP contribution in [0.5, 0.6) is 11.5 Å². The minimum Gasteiger partial charge on any atom is -0.457 e. The first-order valence-electron chi connectivity index (χ1n) is 4.92. The first-order chi connectivity index (χ1) is 7.79. The van der Waals surface area contributed by atoms with Gasteiger partial charge >= 0.3 is 0 Å². The summed E-state index contributed by atoms with van der Waals surface area (Å²) in [5, 5.41) is 9.10. The van der Waals surface area contributed by atoms with Crippen molar-refractivity contribution >= 4 is 0 Å². The molecule has 0 saturated heterocycles. The number of aliphatic hydroxyl groups is 1. The Hall–Kier alpha value is -1.87. The fourth-order valence-corrected chi connectivity index (χ4v) is 1.36. The normalized spacial score (nSPS) is 10.1. The van der Waals surface area contributed by atoms with E-state index in [0.29, 0.717) is 17.1 Å². The number of rotatable bonds is 3. The van der Waals surface area contributed by atoms with Gasteiger partial charge in [0.2, 0.25) is 0 Å². The molecule has 3 heteroatoms. The molecule has 0 saturated carbocycles. The van der Waals surface area contributed by atoms with Crippen LogP contribution < -0.4 is 4.74 Å². The molecule has 2 rings (SSSR count). The third-order valence-electron chi connectivity index (χ3n) is 2.18. The molecule has 0 atom stereocenters. The predicted molar refractivity (Wildman–Crippen MR) is 58.8 cm³/mol.